The quantitative estimate of drug-likeness (QED) is 0.647. The van der Waals surface area contributed by atoms with Crippen molar-refractivity contribution in [2.24, 2.45) is 11.3 Å². The van der Waals surface area contributed by atoms with Crippen LogP contribution in [-0.2, 0) is 4.79 Å². The van der Waals surface area contributed by atoms with Crippen molar-refractivity contribution in [3.63, 3.8) is 0 Å². The molecule has 2 N–H and O–H groups in total. The third-order valence-electron chi connectivity index (χ3n) is 3.86. The maximum absolute atomic E-state index is 11.2. The molecule has 3 atom stereocenters. The average Bonchev–Trinajstić information content (AvgIpc) is 2.48. The van der Waals surface area contributed by atoms with Crippen LogP contribution in [0.3, 0.4) is 0 Å². The third kappa shape index (κ3) is 1.26. The molecular formula is C10H16O3. The second kappa shape index (κ2) is 2.98. The predicted octanol–water partition coefficient (Wildman–Crippen LogP) is 1.40. The second-order valence-corrected chi connectivity index (χ2v) is 4.48. The lowest BCUT2D eigenvalue weighted by Crippen LogP contribution is -2.40. The van der Waals surface area contributed by atoms with Gasteiger partial charge in [-0.15, -0.1) is 0 Å². The fraction of sp³-hybridized carbons (Fsp3) is 0.900. The molecule has 74 valence electrons. The Labute approximate surface area is 77.8 Å². The molecule has 2 saturated carbocycles. The summed E-state index contributed by atoms with van der Waals surface area (Å²) in [6.07, 6.45) is 4.62. The summed E-state index contributed by atoms with van der Waals surface area (Å²) >= 11 is 0. The molecule has 2 aliphatic rings. The van der Waals surface area contributed by atoms with Crippen molar-refractivity contribution in [2.45, 2.75) is 44.6 Å². The van der Waals surface area contributed by atoms with E-state index in [1.54, 1.807) is 0 Å². The smallest absolute Gasteiger partial charge is 0.309 e. The summed E-state index contributed by atoms with van der Waals surface area (Å²) in [6.45, 7) is 0. The van der Waals surface area contributed by atoms with E-state index in [9.17, 15) is 15.0 Å². The highest BCUT2D eigenvalue weighted by Crippen LogP contribution is 2.52. The van der Waals surface area contributed by atoms with Crippen LogP contribution in [0.1, 0.15) is 38.5 Å². The zero-order valence-corrected chi connectivity index (χ0v) is 7.70. The van der Waals surface area contributed by atoms with Crippen LogP contribution in [0.2, 0.25) is 0 Å². The van der Waals surface area contributed by atoms with Crippen LogP contribution in [0.15, 0.2) is 0 Å². The molecule has 3 unspecified atom stereocenters. The van der Waals surface area contributed by atoms with E-state index in [0.29, 0.717) is 19.3 Å². The van der Waals surface area contributed by atoms with Crippen LogP contribution >= 0.6 is 0 Å². The van der Waals surface area contributed by atoms with Crippen LogP contribution in [0, 0.1) is 11.3 Å². The van der Waals surface area contributed by atoms with E-state index in [4.69, 9.17) is 0 Å². The first-order valence-electron chi connectivity index (χ1n) is 5.06. The summed E-state index contributed by atoms with van der Waals surface area (Å²) in [6, 6.07) is 0. The minimum absolute atomic E-state index is 0.230. The molecule has 2 fully saturated rings. The number of fused-ring (bicyclic) bond motifs is 1. The maximum atomic E-state index is 11.2. The minimum atomic E-state index is -0.637. The van der Waals surface area contributed by atoms with Gasteiger partial charge in [0.05, 0.1) is 11.5 Å². The lowest BCUT2D eigenvalue weighted by Gasteiger charge is -2.37. The van der Waals surface area contributed by atoms with Gasteiger partial charge in [-0.3, -0.25) is 4.79 Å². The topological polar surface area (TPSA) is 57.5 Å². The van der Waals surface area contributed by atoms with Crippen LogP contribution in [-0.4, -0.2) is 22.3 Å². The number of carboxylic acid groups (broad SMARTS) is 1. The highest BCUT2D eigenvalue weighted by molar-refractivity contribution is 5.75. The molecule has 0 heterocycles. The largest absolute Gasteiger partial charge is 0.481 e. The molecule has 0 bridgehead atoms. The molecule has 2 aliphatic carbocycles. The van der Waals surface area contributed by atoms with Gasteiger partial charge in [0.2, 0.25) is 0 Å². The Kier molecular flexibility index (Phi) is 2.06. The Balaban J connectivity index is 2.20. The van der Waals surface area contributed by atoms with Gasteiger partial charge in [0, 0.05) is 0 Å². The van der Waals surface area contributed by atoms with E-state index in [2.05, 4.69) is 0 Å². The molecule has 0 saturated heterocycles. The van der Waals surface area contributed by atoms with Crippen molar-refractivity contribution >= 4 is 5.97 Å². The summed E-state index contributed by atoms with van der Waals surface area (Å²) in [5.74, 6) is -0.407. The van der Waals surface area contributed by atoms with Gasteiger partial charge < -0.3 is 10.2 Å². The number of aliphatic carboxylic acids is 1. The monoisotopic (exact) mass is 184 g/mol. The van der Waals surface area contributed by atoms with Gasteiger partial charge in [0.15, 0.2) is 0 Å². The van der Waals surface area contributed by atoms with E-state index < -0.39 is 11.4 Å². The molecule has 3 heteroatoms. The van der Waals surface area contributed by atoms with Crippen LogP contribution < -0.4 is 0 Å². The summed E-state index contributed by atoms with van der Waals surface area (Å²) in [5, 5.41) is 18.7. The van der Waals surface area contributed by atoms with Gasteiger partial charge in [-0.25, -0.2) is 0 Å². The number of hydrogen-bond acceptors (Lipinski definition) is 2. The van der Waals surface area contributed by atoms with E-state index in [-0.39, 0.29) is 12.0 Å². The molecule has 0 aromatic carbocycles. The van der Waals surface area contributed by atoms with Gasteiger partial charge in [0.1, 0.15) is 0 Å². The summed E-state index contributed by atoms with van der Waals surface area (Å²) in [7, 11) is 0. The first kappa shape index (κ1) is 9.00. The lowest BCUT2D eigenvalue weighted by atomic mass is 9.67. The number of carbonyl (C=O) groups is 1. The standard InChI is InChI=1S/C10H16O3/c11-8-3-5-10(9(12)13)4-1-2-7(10)6-8/h7-8,11H,1-6H2,(H,12,13). The molecule has 0 amide bonds. The van der Waals surface area contributed by atoms with Crippen molar-refractivity contribution in [2.75, 3.05) is 0 Å². The van der Waals surface area contributed by atoms with E-state index in [1.165, 1.54) is 0 Å². The summed E-state index contributed by atoms with van der Waals surface area (Å²) in [4.78, 5) is 11.2. The van der Waals surface area contributed by atoms with Gasteiger partial charge in [-0.05, 0) is 38.0 Å². The Hall–Kier alpha value is -0.570. The molecule has 2 rings (SSSR count). The molecule has 0 aliphatic heterocycles. The molecule has 0 aromatic heterocycles. The van der Waals surface area contributed by atoms with E-state index in [1.807, 2.05) is 0 Å². The maximum Gasteiger partial charge on any atom is 0.309 e. The Morgan fingerprint density at radius 3 is 2.77 bits per heavy atom. The van der Waals surface area contributed by atoms with Crippen LogP contribution in [0.4, 0.5) is 0 Å². The molecule has 13 heavy (non-hydrogen) atoms. The molecule has 0 aromatic rings. The number of carboxylic acids is 1. The van der Waals surface area contributed by atoms with E-state index >= 15 is 0 Å². The summed E-state index contributed by atoms with van der Waals surface area (Å²) < 4.78 is 0. The zero-order valence-electron chi connectivity index (χ0n) is 7.70. The average molecular weight is 184 g/mol. The first-order chi connectivity index (χ1) is 6.15. The van der Waals surface area contributed by atoms with E-state index in [0.717, 1.165) is 19.3 Å². The predicted molar refractivity (Wildman–Crippen MR) is 47.3 cm³/mol. The lowest BCUT2D eigenvalue weighted by molar-refractivity contribution is -0.155. The number of aliphatic hydroxyl groups is 1. The minimum Gasteiger partial charge on any atom is -0.481 e. The second-order valence-electron chi connectivity index (χ2n) is 4.48. The number of hydrogen-bond donors (Lipinski definition) is 2. The highest BCUT2D eigenvalue weighted by Gasteiger charge is 2.51. The van der Waals surface area contributed by atoms with Crippen LogP contribution in [0.5, 0.6) is 0 Å². The van der Waals surface area contributed by atoms with Gasteiger partial charge >= 0.3 is 5.97 Å². The van der Waals surface area contributed by atoms with Gasteiger partial charge in [-0.1, -0.05) is 6.42 Å². The van der Waals surface area contributed by atoms with Crippen molar-refractivity contribution in [3.8, 4) is 0 Å². The van der Waals surface area contributed by atoms with Crippen LogP contribution in [0.25, 0.3) is 0 Å². The molecule has 0 radical (unpaired) electrons. The molecule has 0 spiro atoms. The number of aliphatic hydroxyl groups excluding tert-OH is 1. The van der Waals surface area contributed by atoms with Crippen molar-refractivity contribution < 1.29 is 15.0 Å². The highest BCUT2D eigenvalue weighted by atomic mass is 16.4. The van der Waals surface area contributed by atoms with Crippen molar-refractivity contribution in [1.29, 1.82) is 0 Å². The Morgan fingerprint density at radius 1 is 1.31 bits per heavy atom. The van der Waals surface area contributed by atoms with Gasteiger partial charge in [-0.2, -0.15) is 0 Å². The molecular weight excluding hydrogens is 168 g/mol. The SMILES string of the molecule is O=C(O)C12CCCC1CC(O)CC2. The van der Waals surface area contributed by atoms with Gasteiger partial charge in [0.25, 0.3) is 0 Å². The number of rotatable bonds is 1. The van der Waals surface area contributed by atoms with Crippen molar-refractivity contribution in [1.82, 2.24) is 0 Å². The molecule has 3 nitrogen and oxygen atoms in total. The Bertz CT molecular complexity index is 226. The van der Waals surface area contributed by atoms with Crippen molar-refractivity contribution in [3.05, 3.63) is 0 Å². The normalized spacial score (nSPS) is 44.4. The Morgan fingerprint density at radius 2 is 2.08 bits per heavy atom. The fourth-order valence-corrected chi connectivity index (χ4v) is 3.08. The zero-order chi connectivity index (χ0) is 9.47. The fourth-order valence-electron chi connectivity index (χ4n) is 3.08. The summed E-state index contributed by atoms with van der Waals surface area (Å²) in [5.41, 5.74) is -0.473. The first-order valence-corrected chi connectivity index (χ1v) is 5.06. The third-order valence-corrected chi connectivity index (χ3v) is 3.86.